The number of urea groups is 1. The third-order valence-corrected chi connectivity index (χ3v) is 8.36. The minimum absolute atomic E-state index is 0.0576. The summed E-state index contributed by atoms with van der Waals surface area (Å²) >= 11 is 0. The summed E-state index contributed by atoms with van der Waals surface area (Å²) in [6.07, 6.45) is 1.30. The zero-order chi connectivity index (χ0) is 26.9. The molecule has 0 spiro atoms. The van der Waals surface area contributed by atoms with Crippen molar-refractivity contribution < 1.29 is 22.8 Å². The summed E-state index contributed by atoms with van der Waals surface area (Å²) in [5.74, 6) is 0.665. The highest BCUT2D eigenvalue weighted by molar-refractivity contribution is 5.95. The second-order valence-electron chi connectivity index (χ2n) is 10.9. The Morgan fingerprint density at radius 1 is 0.895 bits per heavy atom. The molecule has 2 saturated heterocycles. The minimum atomic E-state index is -4.37. The summed E-state index contributed by atoms with van der Waals surface area (Å²) in [7, 11) is 1.76. The fourth-order valence-corrected chi connectivity index (χ4v) is 5.59. The van der Waals surface area contributed by atoms with Crippen LogP contribution in [0.3, 0.4) is 0 Å². The molecule has 1 N–H and O–H groups in total. The Labute approximate surface area is 221 Å². The van der Waals surface area contributed by atoms with Crippen molar-refractivity contribution in [3.05, 3.63) is 59.7 Å². The van der Waals surface area contributed by atoms with Gasteiger partial charge < -0.3 is 20.0 Å². The number of amides is 3. The van der Waals surface area contributed by atoms with Crippen molar-refractivity contribution in [1.82, 2.24) is 20.0 Å². The number of alkyl halides is 3. The molecular formula is C29H35F3N4O2. The molecule has 0 aromatic heterocycles. The van der Waals surface area contributed by atoms with Crippen molar-refractivity contribution in [3.8, 4) is 11.1 Å². The third kappa shape index (κ3) is 5.82. The van der Waals surface area contributed by atoms with Gasteiger partial charge in [0.25, 0.3) is 5.91 Å². The molecule has 0 bridgehead atoms. The van der Waals surface area contributed by atoms with Crippen molar-refractivity contribution in [2.45, 2.75) is 50.4 Å². The largest absolute Gasteiger partial charge is 0.416 e. The maximum atomic E-state index is 13.1. The maximum absolute atomic E-state index is 13.1. The molecule has 2 heterocycles. The molecular weight excluding hydrogens is 493 g/mol. The monoisotopic (exact) mass is 528 g/mol. The van der Waals surface area contributed by atoms with Crippen LogP contribution in [0.4, 0.5) is 18.0 Å². The van der Waals surface area contributed by atoms with Gasteiger partial charge in [-0.2, -0.15) is 13.2 Å². The van der Waals surface area contributed by atoms with E-state index >= 15 is 0 Å². The van der Waals surface area contributed by atoms with Gasteiger partial charge >= 0.3 is 12.2 Å². The topological polar surface area (TPSA) is 55.9 Å². The Morgan fingerprint density at radius 3 is 2.11 bits per heavy atom. The van der Waals surface area contributed by atoms with Crippen molar-refractivity contribution in [2.24, 2.45) is 5.92 Å². The minimum Gasteiger partial charge on any atom is -0.337 e. The van der Waals surface area contributed by atoms with Crippen LogP contribution >= 0.6 is 0 Å². The number of carbonyl (C=O) groups excluding carboxylic acids is 2. The number of halogens is 3. The Morgan fingerprint density at radius 2 is 1.50 bits per heavy atom. The van der Waals surface area contributed by atoms with Crippen LogP contribution < -0.4 is 5.32 Å². The van der Waals surface area contributed by atoms with Gasteiger partial charge in [0.1, 0.15) is 0 Å². The SMILES string of the molecule is CN(C(=O)c1ccc(-c2ccc(C(F)(F)F)cc2)cc1)[C@H]1CCN(C(=O)N2CC[C@@H](NCC3CCC3)C2)C1. The zero-order valence-electron chi connectivity index (χ0n) is 21.7. The van der Waals surface area contributed by atoms with Gasteiger partial charge in [0.2, 0.25) is 0 Å². The molecule has 5 rings (SSSR count). The van der Waals surface area contributed by atoms with E-state index in [4.69, 9.17) is 0 Å². The molecule has 2 atom stereocenters. The molecule has 3 aliphatic rings. The highest BCUT2D eigenvalue weighted by atomic mass is 19.4. The van der Waals surface area contributed by atoms with Gasteiger partial charge in [-0.15, -0.1) is 0 Å². The van der Waals surface area contributed by atoms with Crippen molar-refractivity contribution in [2.75, 3.05) is 39.8 Å². The van der Waals surface area contributed by atoms with Crippen LogP contribution in [0.1, 0.15) is 48.0 Å². The molecule has 3 fully saturated rings. The molecule has 0 radical (unpaired) electrons. The lowest BCUT2D eigenvalue weighted by atomic mass is 9.85. The summed E-state index contributed by atoms with van der Waals surface area (Å²) < 4.78 is 38.5. The summed E-state index contributed by atoms with van der Waals surface area (Å²) in [6.45, 7) is 3.71. The molecule has 9 heteroatoms. The molecule has 1 saturated carbocycles. The summed E-state index contributed by atoms with van der Waals surface area (Å²) in [5.41, 5.74) is 1.20. The van der Waals surface area contributed by atoms with Gasteiger partial charge in [0, 0.05) is 44.8 Å². The second kappa shape index (κ2) is 11.0. The van der Waals surface area contributed by atoms with Crippen LogP contribution in [0.25, 0.3) is 11.1 Å². The molecule has 38 heavy (non-hydrogen) atoms. The number of nitrogens with zero attached hydrogens (tertiary/aromatic N) is 3. The lowest BCUT2D eigenvalue weighted by Gasteiger charge is -2.28. The highest BCUT2D eigenvalue weighted by Gasteiger charge is 2.36. The lowest BCUT2D eigenvalue weighted by Crippen LogP contribution is -2.45. The van der Waals surface area contributed by atoms with Gasteiger partial charge in [-0.05, 0) is 73.5 Å². The molecule has 204 valence electrons. The average Bonchev–Trinajstić information content (AvgIpc) is 3.57. The Hall–Kier alpha value is -3.07. The standard InChI is InChI=1S/C29H35F3N4O2/c1-34(27(37)23-7-5-21(6-8-23)22-9-11-24(12-10-22)29(30,31)32)26-14-16-36(19-26)28(38)35-15-13-25(18-35)33-17-20-3-2-4-20/h5-12,20,25-26,33H,2-4,13-19H2,1H3/t25-,26+/m1/s1. The van der Waals surface area contributed by atoms with E-state index in [0.29, 0.717) is 30.3 Å². The van der Waals surface area contributed by atoms with Crippen LogP contribution in [-0.2, 0) is 6.18 Å². The van der Waals surface area contributed by atoms with E-state index in [-0.39, 0.29) is 18.0 Å². The van der Waals surface area contributed by atoms with Crippen LogP contribution in [0.2, 0.25) is 0 Å². The van der Waals surface area contributed by atoms with Gasteiger partial charge in [0.15, 0.2) is 0 Å². The summed E-state index contributed by atoms with van der Waals surface area (Å²) in [6, 6.07) is 12.2. The first-order valence-corrected chi connectivity index (χ1v) is 13.5. The number of rotatable bonds is 6. The molecule has 1 aliphatic carbocycles. The fraction of sp³-hybridized carbons (Fsp3) is 0.517. The van der Waals surface area contributed by atoms with Crippen molar-refractivity contribution in [1.29, 1.82) is 0 Å². The van der Waals surface area contributed by atoms with E-state index in [2.05, 4.69) is 5.32 Å². The summed E-state index contributed by atoms with van der Waals surface area (Å²) in [5, 5.41) is 3.63. The number of hydrogen-bond acceptors (Lipinski definition) is 3. The van der Waals surface area contributed by atoms with Crippen LogP contribution in [-0.4, -0.2) is 78.5 Å². The number of hydrogen-bond donors (Lipinski definition) is 1. The average molecular weight is 529 g/mol. The smallest absolute Gasteiger partial charge is 0.337 e. The van der Waals surface area contributed by atoms with Gasteiger partial charge in [-0.25, -0.2) is 4.79 Å². The van der Waals surface area contributed by atoms with Crippen LogP contribution in [0.15, 0.2) is 48.5 Å². The number of nitrogens with one attached hydrogen (secondary N) is 1. The molecule has 3 amide bonds. The molecule has 2 aromatic rings. The third-order valence-electron chi connectivity index (χ3n) is 8.36. The van der Waals surface area contributed by atoms with Crippen LogP contribution in [0.5, 0.6) is 0 Å². The first kappa shape index (κ1) is 26.5. The number of carbonyl (C=O) groups is 2. The van der Waals surface area contributed by atoms with Crippen molar-refractivity contribution >= 4 is 11.9 Å². The van der Waals surface area contributed by atoms with E-state index < -0.39 is 11.7 Å². The lowest BCUT2D eigenvalue weighted by molar-refractivity contribution is -0.137. The number of likely N-dealkylation sites (tertiary alicyclic amines) is 2. The van der Waals surface area contributed by atoms with E-state index in [1.165, 1.54) is 31.4 Å². The second-order valence-corrected chi connectivity index (χ2v) is 10.9. The quantitative estimate of drug-likeness (QED) is 0.568. The molecule has 2 aromatic carbocycles. The zero-order valence-corrected chi connectivity index (χ0v) is 21.7. The van der Waals surface area contributed by atoms with Crippen molar-refractivity contribution in [3.63, 3.8) is 0 Å². The molecule has 0 unspecified atom stereocenters. The Balaban J connectivity index is 1.12. The fourth-order valence-electron chi connectivity index (χ4n) is 5.59. The van der Waals surface area contributed by atoms with E-state index in [1.54, 1.807) is 36.2 Å². The predicted molar refractivity (Wildman–Crippen MR) is 140 cm³/mol. The predicted octanol–water partition coefficient (Wildman–Crippen LogP) is 5.10. The molecule has 6 nitrogen and oxygen atoms in total. The Kier molecular flexibility index (Phi) is 7.66. The number of benzene rings is 2. The van der Waals surface area contributed by atoms with E-state index in [0.717, 1.165) is 56.1 Å². The summed E-state index contributed by atoms with van der Waals surface area (Å²) in [4.78, 5) is 31.8. The van der Waals surface area contributed by atoms with E-state index in [1.807, 2.05) is 9.80 Å². The normalized spacial score (nSPS) is 22.0. The van der Waals surface area contributed by atoms with E-state index in [9.17, 15) is 22.8 Å². The van der Waals surface area contributed by atoms with Gasteiger partial charge in [-0.3, -0.25) is 4.79 Å². The highest BCUT2D eigenvalue weighted by Crippen LogP contribution is 2.31. The Bertz CT molecular complexity index is 1130. The maximum Gasteiger partial charge on any atom is 0.416 e. The van der Waals surface area contributed by atoms with Crippen LogP contribution in [0, 0.1) is 5.92 Å². The number of likely N-dealkylation sites (N-methyl/N-ethyl adjacent to an activating group) is 1. The van der Waals surface area contributed by atoms with Gasteiger partial charge in [0.05, 0.1) is 11.6 Å². The van der Waals surface area contributed by atoms with Gasteiger partial charge in [-0.1, -0.05) is 30.7 Å². The first-order valence-electron chi connectivity index (χ1n) is 13.5. The molecule has 2 aliphatic heterocycles. The first-order chi connectivity index (χ1) is 18.2.